The van der Waals surface area contributed by atoms with Gasteiger partial charge in [0.15, 0.2) is 0 Å². The number of rotatable bonds is 2. The normalized spacial score (nSPS) is 33.2. The van der Waals surface area contributed by atoms with E-state index in [9.17, 15) is 9.59 Å². The Morgan fingerprint density at radius 2 is 2.15 bits per heavy atom. The van der Waals surface area contributed by atoms with Crippen LogP contribution in [0.2, 0.25) is 0 Å². The van der Waals surface area contributed by atoms with E-state index in [0.29, 0.717) is 19.4 Å². The molecule has 5 N–H and O–H groups in total. The maximum absolute atomic E-state index is 11.3. The summed E-state index contributed by atoms with van der Waals surface area (Å²) >= 11 is 0. The second-order valence-corrected chi connectivity index (χ2v) is 3.25. The molecular formula is C7H14N3O3+. The van der Waals surface area contributed by atoms with Crippen molar-refractivity contribution in [1.82, 2.24) is 0 Å². The van der Waals surface area contributed by atoms with Gasteiger partial charge in [-0.15, -0.1) is 0 Å². The summed E-state index contributed by atoms with van der Waals surface area (Å²) in [5.41, 5.74) is 5.16. The Labute approximate surface area is 75.7 Å². The van der Waals surface area contributed by atoms with Crippen LogP contribution >= 0.6 is 0 Å². The maximum atomic E-state index is 11.3. The van der Waals surface area contributed by atoms with Crippen molar-refractivity contribution in [2.24, 2.45) is 11.6 Å². The summed E-state index contributed by atoms with van der Waals surface area (Å²) in [5, 5.41) is 8.80. The molecule has 1 unspecified atom stereocenters. The molecule has 0 aromatic carbocycles. The molecule has 6 heteroatoms. The molecule has 0 spiro atoms. The van der Waals surface area contributed by atoms with Crippen LogP contribution in [0, 0.1) is 0 Å². The third kappa shape index (κ3) is 1.55. The summed E-state index contributed by atoms with van der Waals surface area (Å²) in [6, 6.07) is -0.823. The molecule has 1 amide bonds. The Morgan fingerprint density at radius 1 is 1.54 bits per heavy atom. The van der Waals surface area contributed by atoms with Crippen LogP contribution < -0.4 is 11.6 Å². The van der Waals surface area contributed by atoms with Crippen LogP contribution in [0.1, 0.15) is 12.8 Å². The lowest BCUT2D eigenvalue weighted by Gasteiger charge is -2.28. The van der Waals surface area contributed by atoms with Crippen LogP contribution in [0.3, 0.4) is 0 Å². The molecule has 0 radical (unpaired) electrons. The van der Waals surface area contributed by atoms with Crippen LogP contribution in [0.25, 0.3) is 0 Å². The van der Waals surface area contributed by atoms with Crippen molar-refractivity contribution in [3.8, 4) is 0 Å². The lowest BCUT2D eigenvalue weighted by molar-refractivity contribution is -0.869. The molecule has 6 nitrogen and oxygen atoms in total. The van der Waals surface area contributed by atoms with Gasteiger partial charge in [0, 0.05) is 12.8 Å². The van der Waals surface area contributed by atoms with Gasteiger partial charge in [-0.2, -0.15) is 10.4 Å². The van der Waals surface area contributed by atoms with Crippen molar-refractivity contribution in [3.63, 3.8) is 0 Å². The number of hydrogen-bond acceptors (Lipinski definition) is 4. The monoisotopic (exact) mass is 188 g/mol. The first-order valence-corrected chi connectivity index (χ1v) is 4.15. The molecule has 0 aliphatic carbocycles. The van der Waals surface area contributed by atoms with Crippen LogP contribution in [0.4, 0.5) is 0 Å². The van der Waals surface area contributed by atoms with Gasteiger partial charge >= 0.3 is 11.9 Å². The highest BCUT2D eigenvalue weighted by Crippen LogP contribution is 2.22. The molecule has 1 saturated heterocycles. The van der Waals surface area contributed by atoms with Gasteiger partial charge in [0.1, 0.15) is 13.1 Å². The smallest absolute Gasteiger partial charge is 0.364 e. The van der Waals surface area contributed by atoms with Crippen molar-refractivity contribution in [2.45, 2.75) is 18.9 Å². The van der Waals surface area contributed by atoms with Gasteiger partial charge in [0.25, 0.3) is 0 Å². The Kier molecular flexibility index (Phi) is 2.65. The predicted molar refractivity (Wildman–Crippen MR) is 44.0 cm³/mol. The zero-order chi connectivity index (χ0) is 10.1. The van der Waals surface area contributed by atoms with E-state index < -0.39 is 22.5 Å². The van der Waals surface area contributed by atoms with Crippen molar-refractivity contribution >= 4 is 11.9 Å². The van der Waals surface area contributed by atoms with Crippen LogP contribution in [-0.2, 0) is 9.59 Å². The van der Waals surface area contributed by atoms with E-state index in [-0.39, 0.29) is 6.54 Å². The Morgan fingerprint density at radius 3 is 2.62 bits per heavy atom. The molecular weight excluding hydrogens is 174 g/mol. The Balaban J connectivity index is 2.87. The third-order valence-electron chi connectivity index (χ3n) is 2.49. The number of carbonyl (C=O) groups excluding carboxylic acids is 1. The molecule has 1 fully saturated rings. The standard InChI is InChI=1S/C7H13N3O3/c8-4-6(11)10(9)3-1-2-5(10)7(12)13/h5H,1-4,8-9H2/p+1/t5-,10?/m0/s1. The van der Waals surface area contributed by atoms with Crippen LogP contribution in [-0.4, -0.2) is 40.7 Å². The molecule has 1 rings (SSSR count). The molecule has 74 valence electrons. The van der Waals surface area contributed by atoms with Gasteiger partial charge in [-0.3, -0.25) is 0 Å². The van der Waals surface area contributed by atoms with Gasteiger partial charge in [0.05, 0.1) is 0 Å². The lowest BCUT2D eigenvalue weighted by atomic mass is 10.2. The molecule has 0 aromatic heterocycles. The highest BCUT2D eigenvalue weighted by molar-refractivity contribution is 5.78. The van der Waals surface area contributed by atoms with E-state index in [1.807, 2.05) is 0 Å². The number of quaternary nitrogens is 1. The van der Waals surface area contributed by atoms with Gasteiger partial charge < -0.3 is 10.8 Å². The number of amides is 1. The number of aliphatic carboxylic acids is 1. The highest BCUT2D eigenvalue weighted by atomic mass is 16.4. The fourth-order valence-electron chi connectivity index (χ4n) is 1.72. The fraction of sp³-hybridized carbons (Fsp3) is 0.714. The van der Waals surface area contributed by atoms with Crippen LogP contribution in [0.5, 0.6) is 0 Å². The molecule has 0 bridgehead atoms. The summed E-state index contributed by atoms with van der Waals surface area (Å²) < 4.78 is -0.536. The quantitative estimate of drug-likeness (QED) is 0.275. The highest BCUT2D eigenvalue weighted by Gasteiger charge is 2.49. The summed E-state index contributed by atoms with van der Waals surface area (Å²) in [5.74, 6) is 4.25. The fourth-order valence-corrected chi connectivity index (χ4v) is 1.72. The number of hydrogen-bond donors (Lipinski definition) is 3. The molecule has 0 saturated carbocycles. The van der Waals surface area contributed by atoms with E-state index in [0.717, 1.165) is 0 Å². The van der Waals surface area contributed by atoms with Crippen molar-refractivity contribution in [1.29, 1.82) is 0 Å². The first kappa shape index (κ1) is 10.1. The second kappa shape index (κ2) is 3.41. The number of carbonyl (C=O) groups is 2. The SMILES string of the molecule is NCC(=O)[N+]1(N)CCC[C@H]1C(=O)O. The Bertz CT molecular complexity index is 243. The largest absolute Gasteiger partial charge is 0.477 e. The summed E-state index contributed by atoms with van der Waals surface area (Å²) in [6.45, 7) is 0.160. The molecule has 1 aliphatic heterocycles. The minimum absolute atomic E-state index is 0.208. The van der Waals surface area contributed by atoms with Gasteiger partial charge in [-0.1, -0.05) is 0 Å². The Hall–Kier alpha value is -0.980. The molecule has 0 aromatic rings. The van der Waals surface area contributed by atoms with E-state index in [2.05, 4.69) is 0 Å². The number of nitrogens with two attached hydrogens (primary N) is 2. The van der Waals surface area contributed by atoms with Crippen molar-refractivity contribution < 1.29 is 19.3 Å². The topological polar surface area (TPSA) is 106 Å². The first-order chi connectivity index (χ1) is 6.02. The number of nitrogens with zero attached hydrogens (tertiary/aromatic N) is 1. The van der Waals surface area contributed by atoms with Crippen molar-refractivity contribution in [3.05, 3.63) is 0 Å². The molecule has 13 heavy (non-hydrogen) atoms. The average Bonchev–Trinajstić information content (AvgIpc) is 2.47. The number of likely N-dealkylation sites (tertiary alicyclic amines) is 1. The van der Waals surface area contributed by atoms with Gasteiger partial charge in [-0.05, 0) is 0 Å². The molecule has 1 heterocycles. The van der Waals surface area contributed by atoms with E-state index in [1.54, 1.807) is 0 Å². The van der Waals surface area contributed by atoms with E-state index in [4.69, 9.17) is 16.7 Å². The molecule has 1 aliphatic rings. The molecule has 2 atom stereocenters. The summed E-state index contributed by atoms with van der Waals surface area (Å²) in [7, 11) is 0. The summed E-state index contributed by atoms with van der Waals surface area (Å²) in [4.78, 5) is 22.1. The van der Waals surface area contributed by atoms with Gasteiger partial charge in [-0.25, -0.2) is 9.59 Å². The number of carboxylic acids is 1. The predicted octanol–water partition coefficient (Wildman–Crippen LogP) is -1.59. The maximum Gasteiger partial charge on any atom is 0.364 e. The number of carboxylic acid groups (broad SMARTS) is 1. The first-order valence-electron chi connectivity index (χ1n) is 4.15. The van der Waals surface area contributed by atoms with E-state index in [1.165, 1.54) is 0 Å². The lowest BCUT2D eigenvalue weighted by Crippen LogP contribution is -2.65. The van der Waals surface area contributed by atoms with Crippen molar-refractivity contribution in [2.75, 3.05) is 13.1 Å². The average molecular weight is 188 g/mol. The minimum atomic E-state index is -1.03. The summed E-state index contributed by atoms with van der Waals surface area (Å²) in [6.07, 6.45) is 1.09. The van der Waals surface area contributed by atoms with Gasteiger partial charge in [0.2, 0.25) is 6.04 Å². The third-order valence-corrected chi connectivity index (χ3v) is 2.49. The van der Waals surface area contributed by atoms with Crippen LogP contribution in [0.15, 0.2) is 0 Å². The zero-order valence-corrected chi connectivity index (χ0v) is 7.27. The van der Waals surface area contributed by atoms with E-state index >= 15 is 0 Å². The zero-order valence-electron chi connectivity index (χ0n) is 7.27. The minimum Gasteiger partial charge on any atom is -0.477 e. The second-order valence-electron chi connectivity index (χ2n) is 3.25.